The van der Waals surface area contributed by atoms with Crippen molar-refractivity contribution in [2.45, 2.75) is 6.92 Å². The van der Waals surface area contributed by atoms with E-state index in [1.807, 2.05) is 37.3 Å². The molecule has 2 aromatic rings. The molecule has 2 aromatic carbocycles. The number of hydrogen-bond acceptors (Lipinski definition) is 4. The fraction of sp³-hybridized carbons (Fsp3) is 0.0667. The van der Waals surface area contributed by atoms with Gasteiger partial charge in [0.25, 0.3) is 0 Å². The molecule has 0 saturated heterocycles. The Morgan fingerprint density at radius 2 is 1.84 bits per heavy atom. The third-order valence-corrected chi connectivity index (χ3v) is 2.92. The van der Waals surface area contributed by atoms with E-state index in [1.165, 1.54) is 12.4 Å². The van der Waals surface area contributed by atoms with Crippen molar-refractivity contribution in [3.8, 4) is 0 Å². The molecule has 5 N–H and O–H groups in total. The summed E-state index contributed by atoms with van der Waals surface area (Å²) in [6, 6.07) is 11.3. The zero-order valence-corrected chi connectivity index (χ0v) is 10.7. The highest BCUT2D eigenvalue weighted by atomic mass is 14.9. The number of anilines is 3. The van der Waals surface area contributed by atoms with E-state index in [0.29, 0.717) is 11.3 Å². The third-order valence-electron chi connectivity index (χ3n) is 2.92. The summed E-state index contributed by atoms with van der Waals surface area (Å²) in [5, 5.41) is 18.1. The van der Waals surface area contributed by atoms with Crippen molar-refractivity contribution in [2.24, 2.45) is 0 Å². The van der Waals surface area contributed by atoms with E-state index in [4.69, 9.17) is 16.6 Å². The summed E-state index contributed by atoms with van der Waals surface area (Å²) in [4.78, 5) is 0. The molecule has 0 spiro atoms. The predicted octanol–water partition coefficient (Wildman–Crippen LogP) is 3.32. The molecule has 0 heterocycles. The molecule has 0 radical (unpaired) electrons. The summed E-state index contributed by atoms with van der Waals surface area (Å²) < 4.78 is 0. The van der Waals surface area contributed by atoms with Crippen molar-refractivity contribution in [3.63, 3.8) is 0 Å². The van der Waals surface area contributed by atoms with Gasteiger partial charge in [-0.3, -0.25) is 0 Å². The summed E-state index contributed by atoms with van der Waals surface area (Å²) in [6.45, 7) is 1.99. The molecule has 0 atom stereocenters. The minimum absolute atomic E-state index is 0.559. The zero-order chi connectivity index (χ0) is 13.8. The second-order valence-corrected chi connectivity index (χ2v) is 4.31. The van der Waals surface area contributed by atoms with Crippen LogP contribution in [-0.4, -0.2) is 12.4 Å². The van der Waals surface area contributed by atoms with Crippen molar-refractivity contribution in [2.75, 3.05) is 11.1 Å². The molecule has 0 aliphatic carbocycles. The first-order chi connectivity index (χ1) is 9.15. The Labute approximate surface area is 112 Å². The summed E-state index contributed by atoms with van der Waals surface area (Å²) in [7, 11) is 0. The van der Waals surface area contributed by atoms with Crippen molar-refractivity contribution in [1.82, 2.24) is 0 Å². The Morgan fingerprint density at radius 3 is 2.53 bits per heavy atom. The molecule has 0 bridgehead atoms. The lowest BCUT2D eigenvalue weighted by molar-refractivity contribution is 1.42. The van der Waals surface area contributed by atoms with E-state index in [0.717, 1.165) is 22.5 Å². The van der Waals surface area contributed by atoms with E-state index >= 15 is 0 Å². The molecule has 0 aliphatic heterocycles. The Hall–Kier alpha value is -2.62. The standard InChI is InChI=1S/C15H16N4/c1-10-5-6-14(11(7-10)8-16)19-15-4-2-3-13(18)12(15)9-17/h2-9,16-17,19H,18H2,1H3. The van der Waals surface area contributed by atoms with Crippen LogP contribution in [0.25, 0.3) is 0 Å². The predicted molar refractivity (Wildman–Crippen MR) is 81.1 cm³/mol. The van der Waals surface area contributed by atoms with Crippen molar-refractivity contribution in [3.05, 3.63) is 53.1 Å². The molecule has 0 saturated carbocycles. The summed E-state index contributed by atoms with van der Waals surface area (Å²) in [5.74, 6) is 0. The van der Waals surface area contributed by atoms with Crippen molar-refractivity contribution in [1.29, 1.82) is 10.8 Å². The maximum Gasteiger partial charge on any atom is 0.0494 e. The van der Waals surface area contributed by atoms with Crippen LogP contribution in [0.2, 0.25) is 0 Å². The van der Waals surface area contributed by atoms with Gasteiger partial charge in [0.2, 0.25) is 0 Å². The molecule has 4 nitrogen and oxygen atoms in total. The van der Waals surface area contributed by atoms with Gasteiger partial charge in [-0.05, 0) is 31.2 Å². The Morgan fingerprint density at radius 1 is 1.05 bits per heavy atom. The van der Waals surface area contributed by atoms with Gasteiger partial charge in [-0.2, -0.15) is 0 Å². The average molecular weight is 252 g/mol. The minimum Gasteiger partial charge on any atom is -0.398 e. The second kappa shape index (κ2) is 5.35. The first kappa shape index (κ1) is 12.8. The van der Waals surface area contributed by atoms with Gasteiger partial charge >= 0.3 is 0 Å². The summed E-state index contributed by atoms with van der Waals surface area (Å²) in [6.07, 6.45) is 2.54. The maximum atomic E-state index is 7.45. The van der Waals surface area contributed by atoms with Crippen LogP contribution in [0.4, 0.5) is 17.1 Å². The molecule has 0 aromatic heterocycles. The fourth-order valence-corrected chi connectivity index (χ4v) is 1.91. The number of hydrogen-bond donors (Lipinski definition) is 4. The molecule has 0 amide bonds. The monoisotopic (exact) mass is 252 g/mol. The summed E-state index contributed by atoms with van der Waals surface area (Å²) >= 11 is 0. The van der Waals surface area contributed by atoms with Crippen LogP contribution < -0.4 is 11.1 Å². The van der Waals surface area contributed by atoms with Crippen LogP contribution in [0, 0.1) is 17.7 Å². The van der Waals surface area contributed by atoms with Crippen LogP contribution in [0.3, 0.4) is 0 Å². The number of nitrogen functional groups attached to an aromatic ring is 1. The van der Waals surface area contributed by atoms with Gasteiger partial charge < -0.3 is 21.9 Å². The molecule has 0 unspecified atom stereocenters. The Kier molecular flexibility index (Phi) is 3.61. The number of aryl methyl sites for hydroxylation is 1. The quantitative estimate of drug-likeness (QED) is 0.497. The van der Waals surface area contributed by atoms with Crippen LogP contribution in [0.5, 0.6) is 0 Å². The molecule has 96 valence electrons. The van der Waals surface area contributed by atoms with Crippen LogP contribution in [-0.2, 0) is 0 Å². The smallest absolute Gasteiger partial charge is 0.0494 e. The first-order valence-electron chi connectivity index (χ1n) is 5.93. The van der Waals surface area contributed by atoms with Gasteiger partial charge in [-0.25, -0.2) is 0 Å². The van der Waals surface area contributed by atoms with E-state index < -0.39 is 0 Å². The molecule has 4 heteroatoms. The lowest BCUT2D eigenvalue weighted by Gasteiger charge is -2.13. The summed E-state index contributed by atoms with van der Waals surface area (Å²) in [5.41, 5.74) is 10.6. The highest BCUT2D eigenvalue weighted by Crippen LogP contribution is 2.26. The van der Waals surface area contributed by atoms with Crippen molar-refractivity contribution < 1.29 is 0 Å². The molecule has 19 heavy (non-hydrogen) atoms. The third kappa shape index (κ3) is 2.63. The van der Waals surface area contributed by atoms with Gasteiger partial charge in [0.05, 0.1) is 0 Å². The second-order valence-electron chi connectivity index (χ2n) is 4.31. The molecule has 0 fully saturated rings. The molecular formula is C15H16N4. The maximum absolute atomic E-state index is 7.45. The van der Waals surface area contributed by atoms with Gasteiger partial charge in [-0.15, -0.1) is 0 Å². The largest absolute Gasteiger partial charge is 0.398 e. The van der Waals surface area contributed by atoms with Crippen molar-refractivity contribution >= 4 is 29.5 Å². The van der Waals surface area contributed by atoms with Gasteiger partial charge in [-0.1, -0.05) is 17.7 Å². The number of benzene rings is 2. The molecule has 2 rings (SSSR count). The van der Waals surface area contributed by atoms with Crippen LogP contribution >= 0.6 is 0 Å². The van der Waals surface area contributed by atoms with E-state index in [1.54, 1.807) is 6.07 Å². The van der Waals surface area contributed by atoms with E-state index in [9.17, 15) is 0 Å². The lowest BCUT2D eigenvalue weighted by atomic mass is 10.1. The number of nitrogens with one attached hydrogen (secondary N) is 3. The Bertz CT molecular complexity index is 632. The SMILES string of the molecule is Cc1ccc(Nc2cccc(N)c2C=N)c(C=N)c1. The van der Waals surface area contributed by atoms with Gasteiger partial charge in [0.1, 0.15) is 0 Å². The van der Waals surface area contributed by atoms with Gasteiger partial charge in [0.15, 0.2) is 0 Å². The molecule has 0 aliphatic rings. The first-order valence-corrected chi connectivity index (χ1v) is 5.93. The number of nitrogens with two attached hydrogens (primary N) is 1. The molecular weight excluding hydrogens is 236 g/mol. The normalized spacial score (nSPS) is 9.95. The topological polar surface area (TPSA) is 85.8 Å². The lowest BCUT2D eigenvalue weighted by Crippen LogP contribution is -2.01. The average Bonchev–Trinajstić information content (AvgIpc) is 2.41. The highest BCUT2D eigenvalue weighted by molar-refractivity contribution is 5.95. The van der Waals surface area contributed by atoms with E-state index in [-0.39, 0.29) is 0 Å². The van der Waals surface area contributed by atoms with Crippen LogP contribution in [0.1, 0.15) is 16.7 Å². The van der Waals surface area contributed by atoms with E-state index in [2.05, 4.69) is 5.32 Å². The van der Waals surface area contributed by atoms with Crippen LogP contribution in [0.15, 0.2) is 36.4 Å². The highest BCUT2D eigenvalue weighted by Gasteiger charge is 2.06. The zero-order valence-electron chi connectivity index (χ0n) is 10.7. The fourth-order valence-electron chi connectivity index (χ4n) is 1.91. The van der Waals surface area contributed by atoms with Gasteiger partial charge in [0, 0.05) is 40.6 Å². The minimum atomic E-state index is 0.559. The Balaban J connectivity index is 2.44. The number of rotatable bonds is 4.